The second-order valence-corrected chi connectivity index (χ2v) is 9.44. The Bertz CT molecular complexity index is 1190. The molecule has 0 saturated carbocycles. The summed E-state index contributed by atoms with van der Waals surface area (Å²) in [6.45, 7) is 2.00. The van der Waals surface area contributed by atoms with Crippen LogP contribution in [0.4, 0.5) is 5.69 Å². The van der Waals surface area contributed by atoms with Gasteiger partial charge in [-0.3, -0.25) is 14.1 Å². The molecule has 0 fully saturated rings. The van der Waals surface area contributed by atoms with Crippen molar-refractivity contribution in [3.05, 3.63) is 75.7 Å². The van der Waals surface area contributed by atoms with Gasteiger partial charge in [-0.15, -0.1) is 11.3 Å². The summed E-state index contributed by atoms with van der Waals surface area (Å²) in [6, 6.07) is 13.8. The summed E-state index contributed by atoms with van der Waals surface area (Å²) < 4.78 is 39.4. The average Bonchev–Trinajstić information content (AvgIpc) is 3.27. The van der Waals surface area contributed by atoms with E-state index in [0.29, 0.717) is 18.4 Å². The summed E-state index contributed by atoms with van der Waals surface area (Å²) >= 11 is 1.45. The third-order valence-electron chi connectivity index (χ3n) is 5.06. The first kappa shape index (κ1) is 24.7. The van der Waals surface area contributed by atoms with E-state index in [9.17, 15) is 17.8 Å². The number of anilines is 1. The van der Waals surface area contributed by atoms with Gasteiger partial charge in [0, 0.05) is 18.2 Å². The molecule has 3 aromatic rings. The monoisotopic (exact) mass is 489 g/mol. The van der Waals surface area contributed by atoms with E-state index < -0.39 is 16.3 Å². The number of benzene rings is 2. The molecule has 8 nitrogen and oxygen atoms in total. The fraction of sp³-hybridized carbons (Fsp3) is 0.304. The Morgan fingerprint density at radius 2 is 1.85 bits per heavy atom. The van der Waals surface area contributed by atoms with Gasteiger partial charge in [0.1, 0.15) is 10.8 Å². The number of carbonyl (C=O) groups excluding carboxylic acids is 1. The van der Waals surface area contributed by atoms with E-state index in [2.05, 4.69) is 15.0 Å². The van der Waals surface area contributed by atoms with Crippen LogP contribution in [0.2, 0.25) is 0 Å². The number of hydrogen-bond donors (Lipinski definition) is 3. The molecule has 0 bridgehead atoms. The molecular weight excluding hydrogens is 462 g/mol. The van der Waals surface area contributed by atoms with Crippen LogP contribution in [0.25, 0.3) is 0 Å². The van der Waals surface area contributed by atoms with Crippen molar-refractivity contribution < 1.29 is 22.5 Å². The molecule has 3 rings (SSSR count). The first-order chi connectivity index (χ1) is 15.8. The number of carbonyl (C=O) groups is 1. The Kier molecular flexibility index (Phi) is 8.43. The highest BCUT2D eigenvalue weighted by Gasteiger charge is 2.21. The van der Waals surface area contributed by atoms with Crippen LogP contribution in [0, 0.1) is 0 Å². The van der Waals surface area contributed by atoms with E-state index in [1.165, 1.54) is 11.3 Å². The molecule has 1 heterocycles. The third-order valence-corrected chi connectivity index (χ3v) is 6.54. The molecule has 1 unspecified atom stereocenters. The van der Waals surface area contributed by atoms with Crippen molar-refractivity contribution in [2.24, 2.45) is 0 Å². The van der Waals surface area contributed by atoms with Gasteiger partial charge >= 0.3 is 10.3 Å². The van der Waals surface area contributed by atoms with Crippen LogP contribution in [0.3, 0.4) is 0 Å². The summed E-state index contributed by atoms with van der Waals surface area (Å²) in [5, 5.41) is 5.73. The highest BCUT2D eigenvalue weighted by atomic mass is 32.2. The Labute approximate surface area is 197 Å². The third kappa shape index (κ3) is 7.28. The number of nitrogens with one attached hydrogen (secondary N) is 2. The SMILES string of the molecule is CCc1csc(C(Cc2ccccc2NS(=O)(=O)O)NC(=O)CCc2ccccc2OC)n1. The molecule has 0 radical (unpaired) electrons. The largest absolute Gasteiger partial charge is 0.496 e. The highest BCUT2D eigenvalue weighted by molar-refractivity contribution is 7.87. The molecular formula is C23H27N3O5S2. The number of rotatable bonds is 11. The van der Waals surface area contributed by atoms with Gasteiger partial charge in [-0.05, 0) is 36.1 Å². The summed E-state index contributed by atoms with van der Waals surface area (Å²) in [5.74, 6) is 0.582. The van der Waals surface area contributed by atoms with Crippen molar-refractivity contribution >= 4 is 33.2 Å². The molecule has 0 saturated heterocycles. The molecule has 1 amide bonds. The van der Waals surface area contributed by atoms with Gasteiger partial charge in [-0.2, -0.15) is 8.42 Å². The fourth-order valence-electron chi connectivity index (χ4n) is 3.43. The van der Waals surface area contributed by atoms with E-state index in [1.54, 1.807) is 31.4 Å². The minimum Gasteiger partial charge on any atom is -0.496 e. The lowest BCUT2D eigenvalue weighted by molar-refractivity contribution is -0.121. The van der Waals surface area contributed by atoms with Crippen molar-refractivity contribution in [1.82, 2.24) is 10.3 Å². The molecule has 0 aliphatic carbocycles. The summed E-state index contributed by atoms with van der Waals surface area (Å²) in [5.41, 5.74) is 2.74. The number of aryl methyl sites for hydroxylation is 2. The molecule has 1 atom stereocenters. The molecule has 1 aromatic heterocycles. The van der Waals surface area contributed by atoms with Gasteiger partial charge in [0.05, 0.1) is 24.5 Å². The summed E-state index contributed by atoms with van der Waals surface area (Å²) in [7, 11) is -2.83. The average molecular weight is 490 g/mol. The zero-order chi connectivity index (χ0) is 23.8. The van der Waals surface area contributed by atoms with Gasteiger partial charge in [-0.25, -0.2) is 4.98 Å². The quantitative estimate of drug-likeness (QED) is 0.351. The van der Waals surface area contributed by atoms with E-state index in [-0.39, 0.29) is 18.0 Å². The van der Waals surface area contributed by atoms with Gasteiger partial charge in [-0.1, -0.05) is 43.3 Å². The fourth-order valence-corrected chi connectivity index (χ4v) is 4.86. The Morgan fingerprint density at radius 1 is 1.15 bits per heavy atom. The standard InChI is InChI=1S/C23H27N3O5S2/c1-3-18-15-32-23(24-18)20(14-17-9-4-6-10-19(17)26-33(28,29)30)25-22(27)13-12-16-8-5-7-11-21(16)31-2/h4-11,15,20,26H,3,12-14H2,1-2H3,(H,25,27)(H,28,29,30). The second kappa shape index (κ2) is 11.3. The van der Waals surface area contributed by atoms with Crippen LogP contribution in [0.1, 0.15) is 41.2 Å². The highest BCUT2D eigenvalue weighted by Crippen LogP contribution is 2.27. The molecule has 33 heavy (non-hydrogen) atoms. The van der Waals surface area contributed by atoms with Crippen molar-refractivity contribution in [2.75, 3.05) is 11.8 Å². The number of methoxy groups -OCH3 is 1. The Morgan fingerprint density at radius 3 is 2.52 bits per heavy atom. The lowest BCUT2D eigenvalue weighted by Gasteiger charge is -2.19. The number of para-hydroxylation sites is 2. The van der Waals surface area contributed by atoms with Crippen LogP contribution in [0.15, 0.2) is 53.9 Å². The lowest BCUT2D eigenvalue weighted by Crippen LogP contribution is -2.30. The maximum Gasteiger partial charge on any atom is 0.357 e. The van der Waals surface area contributed by atoms with Gasteiger partial charge in [0.15, 0.2) is 0 Å². The van der Waals surface area contributed by atoms with Gasteiger partial charge in [0.2, 0.25) is 5.91 Å². The predicted molar refractivity (Wildman–Crippen MR) is 129 cm³/mol. The van der Waals surface area contributed by atoms with Crippen LogP contribution < -0.4 is 14.8 Å². The molecule has 0 spiro atoms. The summed E-state index contributed by atoms with van der Waals surface area (Å²) in [6.07, 6.45) is 1.84. The van der Waals surface area contributed by atoms with E-state index in [4.69, 9.17) is 4.74 Å². The molecule has 176 valence electrons. The van der Waals surface area contributed by atoms with Gasteiger partial charge < -0.3 is 10.1 Å². The van der Waals surface area contributed by atoms with Crippen LogP contribution in [-0.2, 0) is 34.4 Å². The first-order valence-corrected chi connectivity index (χ1v) is 12.8. The Hall–Kier alpha value is -2.95. The van der Waals surface area contributed by atoms with Crippen LogP contribution in [0.5, 0.6) is 5.75 Å². The maximum atomic E-state index is 12.9. The number of hydrogen-bond acceptors (Lipinski definition) is 6. The molecule has 2 aromatic carbocycles. The van der Waals surface area contributed by atoms with E-state index >= 15 is 0 Å². The molecule has 10 heteroatoms. The number of nitrogens with zero attached hydrogens (tertiary/aromatic N) is 1. The molecule has 3 N–H and O–H groups in total. The minimum atomic E-state index is -4.43. The van der Waals surface area contributed by atoms with Crippen LogP contribution >= 0.6 is 11.3 Å². The smallest absolute Gasteiger partial charge is 0.357 e. The normalized spacial score (nSPS) is 12.2. The maximum absolute atomic E-state index is 12.9. The minimum absolute atomic E-state index is 0.153. The van der Waals surface area contributed by atoms with Crippen molar-refractivity contribution in [3.63, 3.8) is 0 Å². The zero-order valence-electron chi connectivity index (χ0n) is 18.4. The second-order valence-electron chi connectivity index (χ2n) is 7.40. The summed E-state index contributed by atoms with van der Waals surface area (Å²) in [4.78, 5) is 17.5. The number of thiazole rings is 1. The van der Waals surface area contributed by atoms with E-state index in [1.807, 2.05) is 36.6 Å². The van der Waals surface area contributed by atoms with E-state index in [0.717, 1.165) is 28.4 Å². The molecule has 0 aliphatic heterocycles. The van der Waals surface area contributed by atoms with Crippen molar-refractivity contribution in [2.45, 2.75) is 38.6 Å². The van der Waals surface area contributed by atoms with Gasteiger partial charge in [0.25, 0.3) is 0 Å². The van der Waals surface area contributed by atoms with Crippen LogP contribution in [-0.4, -0.2) is 31.0 Å². The van der Waals surface area contributed by atoms with Crippen molar-refractivity contribution in [1.29, 1.82) is 0 Å². The first-order valence-electron chi connectivity index (χ1n) is 10.5. The Balaban J connectivity index is 1.79. The van der Waals surface area contributed by atoms with Crippen molar-refractivity contribution in [3.8, 4) is 5.75 Å². The molecule has 0 aliphatic rings. The lowest BCUT2D eigenvalue weighted by atomic mass is 10.0. The number of aromatic nitrogens is 1. The number of ether oxygens (including phenoxy) is 1. The topological polar surface area (TPSA) is 118 Å². The zero-order valence-corrected chi connectivity index (χ0v) is 20.1. The predicted octanol–water partition coefficient (Wildman–Crippen LogP) is 3.96. The number of amides is 1.